The molecular formula is C11H14N8S. The molecule has 0 radical (unpaired) electrons. The smallest absolute Gasteiger partial charge is 0.203 e. The van der Waals surface area contributed by atoms with Crippen LogP contribution in [-0.4, -0.2) is 34.9 Å². The molecule has 0 aliphatic heterocycles. The van der Waals surface area contributed by atoms with Crippen LogP contribution in [0.25, 0.3) is 0 Å². The normalized spacial score (nSPS) is 11.3. The van der Waals surface area contributed by atoms with Gasteiger partial charge in [-0.1, -0.05) is 11.8 Å². The average Bonchev–Trinajstić information content (AvgIpc) is 3.14. The SMILES string of the molecule is CSc1nccn1C(n1ccnc1N)n1ccnc1N. The van der Waals surface area contributed by atoms with E-state index in [4.69, 9.17) is 11.5 Å². The van der Waals surface area contributed by atoms with E-state index in [9.17, 15) is 0 Å². The first-order valence-corrected chi connectivity index (χ1v) is 7.08. The van der Waals surface area contributed by atoms with Gasteiger partial charge in [-0.2, -0.15) is 0 Å². The number of nitrogens with zero attached hydrogens (tertiary/aromatic N) is 6. The standard InChI is InChI=1S/C11H14N8S/c1-20-10-16-4-7-19(10)11(17-5-2-14-8(17)12)18-6-3-15-9(18)13/h2-7,11H,1H3,(H2,12,14)(H2,13,15). The molecule has 4 N–H and O–H groups in total. The van der Waals surface area contributed by atoms with Crippen molar-refractivity contribution in [2.24, 2.45) is 0 Å². The van der Waals surface area contributed by atoms with Crippen molar-refractivity contribution in [3.8, 4) is 0 Å². The van der Waals surface area contributed by atoms with Crippen LogP contribution in [0.2, 0.25) is 0 Å². The maximum absolute atomic E-state index is 5.93. The molecule has 3 aromatic heterocycles. The quantitative estimate of drug-likeness (QED) is 0.686. The molecule has 0 aromatic carbocycles. The van der Waals surface area contributed by atoms with Crippen molar-refractivity contribution >= 4 is 23.7 Å². The molecule has 0 amide bonds. The van der Waals surface area contributed by atoms with E-state index >= 15 is 0 Å². The van der Waals surface area contributed by atoms with Crippen LogP contribution in [-0.2, 0) is 0 Å². The number of imidazole rings is 3. The van der Waals surface area contributed by atoms with Gasteiger partial charge >= 0.3 is 0 Å². The van der Waals surface area contributed by atoms with Gasteiger partial charge in [0.2, 0.25) is 11.9 Å². The van der Waals surface area contributed by atoms with Gasteiger partial charge in [0.25, 0.3) is 0 Å². The summed E-state index contributed by atoms with van der Waals surface area (Å²) in [6.07, 6.45) is 12.1. The largest absolute Gasteiger partial charge is 0.369 e. The average molecular weight is 290 g/mol. The second-order valence-electron chi connectivity index (χ2n) is 4.05. The number of thioether (sulfide) groups is 1. The highest BCUT2D eigenvalue weighted by Crippen LogP contribution is 2.24. The predicted octanol–water partition coefficient (Wildman–Crippen LogP) is 0.715. The minimum Gasteiger partial charge on any atom is -0.369 e. The van der Waals surface area contributed by atoms with E-state index in [1.54, 1.807) is 40.1 Å². The number of anilines is 2. The van der Waals surface area contributed by atoms with Gasteiger partial charge in [0.1, 0.15) is 0 Å². The lowest BCUT2D eigenvalue weighted by atomic mass is 10.6. The highest BCUT2D eigenvalue weighted by atomic mass is 32.2. The lowest BCUT2D eigenvalue weighted by Gasteiger charge is -2.24. The maximum Gasteiger partial charge on any atom is 0.203 e. The summed E-state index contributed by atoms with van der Waals surface area (Å²) in [5.41, 5.74) is 11.9. The zero-order chi connectivity index (χ0) is 14.1. The van der Waals surface area contributed by atoms with E-state index in [-0.39, 0.29) is 6.29 Å². The summed E-state index contributed by atoms with van der Waals surface area (Å²) in [5, 5.41) is 0.844. The number of nitrogens with two attached hydrogens (primary N) is 2. The van der Waals surface area contributed by atoms with Gasteiger partial charge in [0.15, 0.2) is 11.4 Å². The first kappa shape index (κ1) is 12.6. The third kappa shape index (κ3) is 1.92. The van der Waals surface area contributed by atoms with Gasteiger partial charge in [-0.05, 0) is 6.26 Å². The van der Waals surface area contributed by atoms with Crippen molar-refractivity contribution in [1.29, 1.82) is 0 Å². The number of rotatable bonds is 4. The van der Waals surface area contributed by atoms with Crippen LogP contribution in [0.15, 0.2) is 42.3 Å². The first-order valence-electron chi connectivity index (χ1n) is 5.86. The van der Waals surface area contributed by atoms with Crippen molar-refractivity contribution in [2.75, 3.05) is 17.7 Å². The molecule has 104 valence electrons. The first-order chi connectivity index (χ1) is 9.72. The van der Waals surface area contributed by atoms with Crippen molar-refractivity contribution in [1.82, 2.24) is 28.7 Å². The molecule has 0 bridgehead atoms. The maximum atomic E-state index is 5.93. The minimum absolute atomic E-state index is 0.329. The summed E-state index contributed by atoms with van der Waals surface area (Å²) in [4.78, 5) is 12.4. The number of aromatic nitrogens is 6. The monoisotopic (exact) mass is 290 g/mol. The Morgan fingerprint density at radius 2 is 1.40 bits per heavy atom. The fourth-order valence-electron chi connectivity index (χ4n) is 2.07. The second-order valence-corrected chi connectivity index (χ2v) is 4.83. The third-order valence-corrected chi connectivity index (χ3v) is 3.64. The summed E-state index contributed by atoms with van der Waals surface area (Å²) in [6, 6.07) is 0. The molecular weight excluding hydrogens is 276 g/mol. The molecule has 0 saturated heterocycles. The molecule has 0 unspecified atom stereocenters. The number of nitrogen functional groups attached to an aromatic ring is 2. The Bertz CT molecular complexity index is 671. The number of hydrogen-bond donors (Lipinski definition) is 2. The van der Waals surface area contributed by atoms with E-state index in [1.807, 2.05) is 17.0 Å². The zero-order valence-corrected chi connectivity index (χ0v) is 11.6. The van der Waals surface area contributed by atoms with Crippen LogP contribution >= 0.6 is 11.8 Å². The Balaban J connectivity index is 2.19. The molecule has 0 fully saturated rings. The molecule has 3 heterocycles. The van der Waals surface area contributed by atoms with Gasteiger partial charge in [0, 0.05) is 37.2 Å². The Morgan fingerprint density at radius 3 is 1.85 bits per heavy atom. The summed E-state index contributed by atoms with van der Waals surface area (Å²) in [6.45, 7) is 0. The number of hydrogen-bond acceptors (Lipinski definition) is 6. The van der Waals surface area contributed by atoms with Crippen molar-refractivity contribution < 1.29 is 0 Å². The predicted molar refractivity (Wildman–Crippen MR) is 77.1 cm³/mol. The summed E-state index contributed by atoms with van der Waals surface area (Å²) >= 11 is 1.54. The summed E-state index contributed by atoms with van der Waals surface area (Å²) < 4.78 is 5.57. The Kier molecular flexibility index (Phi) is 3.11. The third-order valence-electron chi connectivity index (χ3n) is 2.96. The van der Waals surface area contributed by atoms with Crippen LogP contribution in [0.1, 0.15) is 6.29 Å². The van der Waals surface area contributed by atoms with Crippen LogP contribution in [0, 0.1) is 0 Å². The Morgan fingerprint density at radius 1 is 0.900 bits per heavy atom. The van der Waals surface area contributed by atoms with E-state index in [2.05, 4.69) is 15.0 Å². The Labute approximate surface area is 119 Å². The molecule has 9 heteroatoms. The fraction of sp³-hybridized carbons (Fsp3) is 0.182. The van der Waals surface area contributed by atoms with Crippen molar-refractivity contribution in [3.05, 3.63) is 37.2 Å². The highest BCUT2D eigenvalue weighted by molar-refractivity contribution is 7.98. The van der Waals surface area contributed by atoms with Gasteiger partial charge in [-0.15, -0.1) is 0 Å². The van der Waals surface area contributed by atoms with Crippen LogP contribution in [0.3, 0.4) is 0 Å². The molecule has 20 heavy (non-hydrogen) atoms. The van der Waals surface area contributed by atoms with E-state index in [0.29, 0.717) is 11.9 Å². The van der Waals surface area contributed by atoms with Gasteiger partial charge in [-0.3, -0.25) is 13.7 Å². The lowest BCUT2D eigenvalue weighted by Crippen LogP contribution is -2.27. The van der Waals surface area contributed by atoms with Crippen molar-refractivity contribution in [2.45, 2.75) is 11.4 Å². The topological polar surface area (TPSA) is 106 Å². The van der Waals surface area contributed by atoms with Crippen LogP contribution in [0.4, 0.5) is 11.9 Å². The fourth-order valence-corrected chi connectivity index (χ4v) is 2.61. The molecule has 3 rings (SSSR count). The minimum atomic E-state index is -0.329. The molecule has 0 aliphatic carbocycles. The van der Waals surface area contributed by atoms with E-state index in [1.165, 1.54) is 11.8 Å². The van der Waals surface area contributed by atoms with Crippen LogP contribution < -0.4 is 11.5 Å². The van der Waals surface area contributed by atoms with E-state index < -0.39 is 0 Å². The molecule has 3 aromatic rings. The zero-order valence-electron chi connectivity index (χ0n) is 10.8. The summed E-state index contributed by atoms with van der Waals surface area (Å²) in [7, 11) is 0. The van der Waals surface area contributed by atoms with Crippen LogP contribution in [0.5, 0.6) is 0 Å². The molecule has 0 saturated carbocycles. The van der Waals surface area contributed by atoms with Gasteiger partial charge < -0.3 is 11.5 Å². The molecule has 8 nitrogen and oxygen atoms in total. The van der Waals surface area contributed by atoms with Crippen molar-refractivity contribution in [3.63, 3.8) is 0 Å². The molecule has 0 aliphatic rings. The van der Waals surface area contributed by atoms with Gasteiger partial charge in [-0.25, -0.2) is 15.0 Å². The van der Waals surface area contributed by atoms with Gasteiger partial charge in [0.05, 0.1) is 0 Å². The molecule has 0 spiro atoms. The Hall–Kier alpha value is -2.42. The van der Waals surface area contributed by atoms with E-state index in [0.717, 1.165) is 5.16 Å². The second kappa shape index (κ2) is 4.93. The lowest BCUT2D eigenvalue weighted by molar-refractivity contribution is 0.354. The molecule has 0 atom stereocenters. The highest BCUT2D eigenvalue weighted by Gasteiger charge is 2.21. The summed E-state index contributed by atoms with van der Waals surface area (Å²) in [5.74, 6) is 0.785.